The molecule has 1 amide bonds. The molecule has 0 atom stereocenters. The third kappa shape index (κ3) is 3.70. The molecule has 126 valence electrons. The summed E-state index contributed by atoms with van der Waals surface area (Å²) in [6.07, 6.45) is 0. The molecular formula is C18H18BrFN2OS. The maximum Gasteiger partial charge on any atom is 0.267 e. The molecule has 3 rings (SSSR count). The van der Waals surface area contributed by atoms with Crippen LogP contribution in [0, 0.1) is 11.7 Å². The van der Waals surface area contributed by atoms with Crippen molar-refractivity contribution in [1.82, 2.24) is 9.88 Å². The van der Waals surface area contributed by atoms with Crippen LogP contribution in [-0.4, -0.2) is 17.0 Å². The first-order valence-electron chi connectivity index (χ1n) is 7.75. The highest BCUT2D eigenvalue weighted by atomic mass is 79.9. The number of rotatable bonds is 5. The summed E-state index contributed by atoms with van der Waals surface area (Å²) in [7, 11) is 0. The van der Waals surface area contributed by atoms with Crippen LogP contribution in [0.3, 0.4) is 0 Å². The minimum absolute atomic E-state index is 0.0976. The second-order valence-corrected chi connectivity index (χ2v) is 8.61. The first-order valence-corrected chi connectivity index (χ1v) is 9.36. The number of benzene rings is 1. The highest BCUT2D eigenvalue weighted by Crippen LogP contribution is 2.33. The number of nitrogens with zero attached hydrogens (tertiary/aromatic N) is 1. The van der Waals surface area contributed by atoms with Gasteiger partial charge < -0.3 is 9.88 Å². The number of carbonyl (C=O) groups excluding carboxylic acids is 1. The largest absolute Gasteiger partial charge is 0.351 e. The Labute approximate surface area is 152 Å². The van der Waals surface area contributed by atoms with Crippen molar-refractivity contribution in [1.29, 1.82) is 0 Å². The van der Waals surface area contributed by atoms with Crippen LogP contribution in [0.1, 0.15) is 29.9 Å². The molecule has 0 saturated heterocycles. The second-order valence-electron chi connectivity index (χ2n) is 6.15. The van der Waals surface area contributed by atoms with Gasteiger partial charge in [-0.3, -0.25) is 4.79 Å². The number of aromatic nitrogens is 1. The molecule has 0 spiro atoms. The van der Waals surface area contributed by atoms with Gasteiger partial charge in [0.1, 0.15) is 11.5 Å². The van der Waals surface area contributed by atoms with E-state index in [0.29, 0.717) is 24.7 Å². The molecular weight excluding hydrogens is 391 g/mol. The molecule has 24 heavy (non-hydrogen) atoms. The standard InChI is InChI=1S/C18H18BrFN2OS/c1-11(2)9-21-18(23)15-7-16-14(8-17(19)24-16)22(15)10-12-4-3-5-13(20)6-12/h3-8,11H,9-10H2,1-2H3,(H,21,23). The van der Waals surface area contributed by atoms with E-state index in [4.69, 9.17) is 0 Å². The number of hydrogen-bond acceptors (Lipinski definition) is 2. The predicted molar refractivity (Wildman–Crippen MR) is 100 cm³/mol. The fourth-order valence-corrected chi connectivity index (χ4v) is 4.14. The lowest BCUT2D eigenvalue weighted by molar-refractivity contribution is 0.0940. The smallest absolute Gasteiger partial charge is 0.267 e. The molecule has 0 aliphatic carbocycles. The zero-order valence-corrected chi connectivity index (χ0v) is 15.9. The number of fused-ring (bicyclic) bond motifs is 1. The van der Waals surface area contributed by atoms with E-state index in [1.807, 2.05) is 22.8 Å². The molecule has 0 fully saturated rings. The van der Waals surface area contributed by atoms with Gasteiger partial charge in [-0.05, 0) is 51.7 Å². The molecule has 0 aliphatic heterocycles. The van der Waals surface area contributed by atoms with E-state index in [0.717, 1.165) is 19.6 Å². The normalized spacial score (nSPS) is 11.4. The Morgan fingerprint density at radius 3 is 2.83 bits per heavy atom. The van der Waals surface area contributed by atoms with Crippen molar-refractivity contribution in [3.8, 4) is 0 Å². The fraction of sp³-hybridized carbons (Fsp3) is 0.278. The molecule has 0 radical (unpaired) electrons. The van der Waals surface area contributed by atoms with Crippen molar-refractivity contribution < 1.29 is 9.18 Å². The van der Waals surface area contributed by atoms with Gasteiger partial charge in [0, 0.05) is 13.1 Å². The van der Waals surface area contributed by atoms with Crippen molar-refractivity contribution >= 4 is 43.4 Å². The van der Waals surface area contributed by atoms with Gasteiger partial charge in [0.25, 0.3) is 5.91 Å². The van der Waals surface area contributed by atoms with Gasteiger partial charge in [-0.2, -0.15) is 0 Å². The van der Waals surface area contributed by atoms with Crippen molar-refractivity contribution in [3.05, 3.63) is 57.3 Å². The van der Waals surface area contributed by atoms with Crippen LogP contribution in [0.25, 0.3) is 10.2 Å². The Morgan fingerprint density at radius 1 is 1.33 bits per heavy atom. The molecule has 2 aromatic heterocycles. The minimum Gasteiger partial charge on any atom is -0.351 e. The number of amides is 1. The second kappa shape index (κ2) is 7.07. The van der Waals surface area contributed by atoms with Crippen LogP contribution < -0.4 is 5.32 Å². The molecule has 6 heteroatoms. The molecule has 0 saturated carbocycles. The lowest BCUT2D eigenvalue weighted by Crippen LogP contribution is -2.29. The Bertz CT molecular complexity index is 884. The number of thiophene rings is 1. The first-order chi connectivity index (χ1) is 11.4. The van der Waals surface area contributed by atoms with E-state index in [9.17, 15) is 9.18 Å². The number of carbonyl (C=O) groups is 1. The fourth-order valence-electron chi connectivity index (χ4n) is 2.58. The maximum absolute atomic E-state index is 13.5. The molecule has 0 unspecified atom stereocenters. The van der Waals surface area contributed by atoms with Crippen molar-refractivity contribution in [2.24, 2.45) is 5.92 Å². The van der Waals surface area contributed by atoms with Gasteiger partial charge in [0.15, 0.2) is 0 Å². The van der Waals surface area contributed by atoms with Crippen LogP contribution in [0.4, 0.5) is 4.39 Å². The third-order valence-electron chi connectivity index (χ3n) is 3.69. The van der Waals surface area contributed by atoms with Crippen LogP contribution in [0.2, 0.25) is 0 Å². The van der Waals surface area contributed by atoms with Crippen LogP contribution in [0.15, 0.2) is 40.2 Å². The molecule has 3 nitrogen and oxygen atoms in total. The zero-order chi connectivity index (χ0) is 17.3. The highest BCUT2D eigenvalue weighted by molar-refractivity contribution is 9.11. The van der Waals surface area contributed by atoms with Crippen LogP contribution >= 0.6 is 27.3 Å². The van der Waals surface area contributed by atoms with E-state index in [2.05, 4.69) is 35.1 Å². The quantitative estimate of drug-likeness (QED) is 0.630. The SMILES string of the molecule is CC(C)CNC(=O)c1cc2sc(Br)cc2n1Cc1cccc(F)c1. The van der Waals surface area contributed by atoms with Crippen molar-refractivity contribution in [2.75, 3.05) is 6.54 Å². The number of hydrogen-bond donors (Lipinski definition) is 1. The van der Waals surface area contributed by atoms with E-state index in [1.54, 1.807) is 17.4 Å². The molecule has 3 aromatic rings. The lowest BCUT2D eigenvalue weighted by atomic mass is 10.2. The van der Waals surface area contributed by atoms with Gasteiger partial charge in [-0.15, -0.1) is 11.3 Å². The van der Waals surface area contributed by atoms with Gasteiger partial charge in [-0.25, -0.2) is 4.39 Å². The summed E-state index contributed by atoms with van der Waals surface area (Å²) in [5, 5.41) is 2.96. The summed E-state index contributed by atoms with van der Waals surface area (Å²) >= 11 is 5.08. The van der Waals surface area contributed by atoms with Gasteiger partial charge in [-0.1, -0.05) is 26.0 Å². The van der Waals surface area contributed by atoms with Crippen molar-refractivity contribution in [2.45, 2.75) is 20.4 Å². The first kappa shape index (κ1) is 17.2. The summed E-state index contributed by atoms with van der Waals surface area (Å²) in [6.45, 7) is 5.19. The average molecular weight is 409 g/mol. The summed E-state index contributed by atoms with van der Waals surface area (Å²) in [6, 6.07) is 10.4. The highest BCUT2D eigenvalue weighted by Gasteiger charge is 2.18. The Hall–Kier alpha value is -1.66. The molecule has 2 heterocycles. The van der Waals surface area contributed by atoms with E-state index in [-0.39, 0.29) is 11.7 Å². The van der Waals surface area contributed by atoms with Gasteiger partial charge in [0.05, 0.1) is 14.0 Å². The summed E-state index contributed by atoms with van der Waals surface area (Å²) < 4.78 is 17.5. The van der Waals surface area contributed by atoms with Gasteiger partial charge in [0.2, 0.25) is 0 Å². The predicted octanol–water partition coefficient (Wildman–Crippen LogP) is 5.04. The minimum atomic E-state index is -0.270. The monoisotopic (exact) mass is 408 g/mol. The lowest BCUT2D eigenvalue weighted by Gasteiger charge is -2.12. The summed E-state index contributed by atoms with van der Waals surface area (Å²) in [5.41, 5.74) is 2.41. The van der Waals surface area contributed by atoms with E-state index < -0.39 is 0 Å². The summed E-state index contributed by atoms with van der Waals surface area (Å²) in [4.78, 5) is 12.6. The third-order valence-corrected chi connectivity index (χ3v) is 5.27. The topological polar surface area (TPSA) is 34.0 Å². The van der Waals surface area contributed by atoms with Crippen LogP contribution in [-0.2, 0) is 6.54 Å². The average Bonchev–Trinajstić information content (AvgIpc) is 3.02. The van der Waals surface area contributed by atoms with E-state index in [1.165, 1.54) is 12.1 Å². The summed E-state index contributed by atoms with van der Waals surface area (Å²) in [5.74, 6) is 0.0173. The number of nitrogens with one attached hydrogen (secondary N) is 1. The molecule has 1 N–H and O–H groups in total. The molecule has 1 aromatic carbocycles. The maximum atomic E-state index is 13.5. The van der Waals surface area contributed by atoms with Crippen LogP contribution in [0.5, 0.6) is 0 Å². The Kier molecular flexibility index (Phi) is 5.06. The van der Waals surface area contributed by atoms with Gasteiger partial charge >= 0.3 is 0 Å². The molecule has 0 bridgehead atoms. The Balaban J connectivity index is 1.99. The number of halogens is 2. The zero-order valence-electron chi connectivity index (χ0n) is 13.5. The Morgan fingerprint density at radius 2 is 2.12 bits per heavy atom. The van der Waals surface area contributed by atoms with E-state index >= 15 is 0 Å². The molecule has 0 aliphatic rings. The van der Waals surface area contributed by atoms with Crippen molar-refractivity contribution in [3.63, 3.8) is 0 Å².